The van der Waals surface area contributed by atoms with E-state index in [1.807, 2.05) is 30.3 Å². The van der Waals surface area contributed by atoms with Gasteiger partial charge in [0.15, 0.2) is 11.4 Å². The van der Waals surface area contributed by atoms with Crippen molar-refractivity contribution in [3.63, 3.8) is 0 Å². The van der Waals surface area contributed by atoms with Crippen LogP contribution in [0.2, 0.25) is 10.0 Å². The molecular weight excluding hydrogens is 385 g/mol. The molecule has 0 bridgehead atoms. The molecule has 2 aromatic heterocycles. The summed E-state index contributed by atoms with van der Waals surface area (Å²) >= 11 is 12.9. The lowest BCUT2D eigenvalue weighted by molar-refractivity contribution is 0.306. The Kier molecular flexibility index (Phi) is 4.59. The standard InChI is InChI=1S/C19H15Cl2N5O/c1-26-18-13(9-23-19(22)24-18)16(25-26)12-7-14(20)17(15(21)8-12)27-10-11-5-3-2-4-6-11/h2-9H,10H2,1H3,(H2,22,23,24). The van der Waals surface area contributed by atoms with Crippen LogP contribution in [0.4, 0.5) is 5.95 Å². The largest absolute Gasteiger partial charge is 0.486 e. The zero-order chi connectivity index (χ0) is 19.0. The maximum atomic E-state index is 6.44. The average molecular weight is 400 g/mol. The number of aryl methyl sites for hydroxylation is 1. The average Bonchev–Trinajstić information content (AvgIpc) is 2.98. The molecule has 0 spiro atoms. The van der Waals surface area contributed by atoms with E-state index in [1.165, 1.54) is 0 Å². The number of benzene rings is 2. The number of rotatable bonds is 4. The minimum atomic E-state index is 0.192. The molecule has 0 atom stereocenters. The molecule has 8 heteroatoms. The molecule has 4 rings (SSSR count). The van der Waals surface area contributed by atoms with Gasteiger partial charge in [-0.3, -0.25) is 0 Å². The summed E-state index contributed by atoms with van der Waals surface area (Å²) in [5.74, 6) is 0.629. The molecule has 6 nitrogen and oxygen atoms in total. The Balaban J connectivity index is 1.70. The van der Waals surface area contributed by atoms with Gasteiger partial charge in [-0.2, -0.15) is 10.1 Å². The van der Waals surface area contributed by atoms with Crippen LogP contribution in [0.5, 0.6) is 5.75 Å². The smallest absolute Gasteiger partial charge is 0.222 e. The van der Waals surface area contributed by atoms with Gasteiger partial charge in [-0.05, 0) is 17.7 Å². The van der Waals surface area contributed by atoms with Crippen LogP contribution in [-0.2, 0) is 13.7 Å². The molecule has 2 aromatic carbocycles. The highest BCUT2D eigenvalue weighted by atomic mass is 35.5. The molecule has 0 amide bonds. The Morgan fingerprint density at radius 1 is 1.11 bits per heavy atom. The summed E-state index contributed by atoms with van der Waals surface area (Å²) in [4.78, 5) is 8.28. The van der Waals surface area contributed by atoms with Gasteiger partial charge >= 0.3 is 0 Å². The van der Waals surface area contributed by atoms with Gasteiger partial charge in [0.05, 0.1) is 15.4 Å². The Morgan fingerprint density at radius 3 is 2.52 bits per heavy atom. The molecule has 0 saturated carbocycles. The van der Waals surface area contributed by atoms with Crippen LogP contribution < -0.4 is 10.5 Å². The van der Waals surface area contributed by atoms with Crippen molar-refractivity contribution in [3.8, 4) is 17.0 Å². The molecule has 0 fully saturated rings. The number of nitrogen functional groups attached to an aromatic ring is 1. The van der Waals surface area contributed by atoms with E-state index >= 15 is 0 Å². The van der Waals surface area contributed by atoms with Crippen LogP contribution in [-0.4, -0.2) is 19.7 Å². The predicted molar refractivity (Wildman–Crippen MR) is 107 cm³/mol. The lowest BCUT2D eigenvalue weighted by Crippen LogP contribution is -1.97. The normalized spacial score (nSPS) is 11.1. The Bertz CT molecular complexity index is 1100. The number of fused-ring (bicyclic) bond motifs is 1. The monoisotopic (exact) mass is 399 g/mol. The molecule has 0 saturated heterocycles. The molecule has 136 valence electrons. The maximum absolute atomic E-state index is 6.44. The molecule has 0 radical (unpaired) electrons. The molecule has 2 N–H and O–H groups in total. The Labute approximate surface area is 165 Å². The fourth-order valence-electron chi connectivity index (χ4n) is 2.83. The summed E-state index contributed by atoms with van der Waals surface area (Å²) in [6, 6.07) is 13.3. The fourth-order valence-corrected chi connectivity index (χ4v) is 3.42. The topological polar surface area (TPSA) is 78.8 Å². The summed E-state index contributed by atoms with van der Waals surface area (Å²) in [5, 5.41) is 6.08. The summed E-state index contributed by atoms with van der Waals surface area (Å²) in [5.41, 5.74) is 8.75. The number of ether oxygens (including phenoxy) is 1. The molecule has 4 aromatic rings. The van der Waals surface area contributed by atoms with Crippen molar-refractivity contribution >= 4 is 40.2 Å². The van der Waals surface area contributed by atoms with Crippen LogP contribution in [0.15, 0.2) is 48.7 Å². The Hall–Kier alpha value is -2.83. The van der Waals surface area contributed by atoms with Crippen molar-refractivity contribution in [2.75, 3.05) is 5.73 Å². The molecule has 27 heavy (non-hydrogen) atoms. The molecule has 0 aliphatic carbocycles. The second kappa shape index (κ2) is 7.06. The van der Waals surface area contributed by atoms with Crippen LogP contribution in [0, 0.1) is 0 Å². The van der Waals surface area contributed by atoms with Gasteiger partial charge in [-0.25, -0.2) is 9.67 Å². The number of nitrogens with zero attached hydrogens (tertiary/aromatic N) is 4. The predicted octanol–water partition coefficient (Wildman–Crippen LogP) is 4.50. The summed E-state index contributed by atoms with van der Waals surface area (Å²) in [7, 11) is 1.79. The van der Waals surface area contributed by atoms with Gasteiger partial charge in [0, 0.05) is 18.8 Å². The van der Waals surface area contributed by atoms with Crippen LogP contribution in [0.1, 0.15) is 5.56 Å². The van der Waals surface area contributed by atoms with Crippen molar-refractivity contribution in [1.29, 1.82) is 0 Å². The van der Waals surface area contributed by atoms with Crippen molar-refractivity contribution in [2.24, 2.45) is 7.05 Å². The van der Waals surface area contributed by atoms with Crippen molar-refractivity contribution in [3.05, 3.63) is 64.3 Å². The first-order chi connectivity index (χ1) is 13.0. The van der Waals surface area contributed by atoms with E-state index in [4.69, 9.17) is 33.7 Å². The first-order valence-corrected chi connectivity index (χ1v) is 8.90. The fraction of sp³-hybridized carbons (Fsp3) is 0.105. The quantitative estimate of drug-likeness (QED) is 0.546. The highest BCUT2D eigenvalue weighted by Gasteiger charge is 2.17. The third-order valence-electron chi connectivity index (χ3n) is 4.10. The molecule has 0 aliphatic heterocycles. The second-order valence-electron chi connectivity index (χ2n) is 5.98. The van der Waals surface area contributed by atoms with E-state index < -0.39 is 0 Å². The number of hydrogen-bond acceptors (Lipinski definition) is 5. The zero-order valence-corrected chi connectivity index (χ0v) is 15.9. The van der Waals surface area contributed by atoms with Crippen molar-refractivity contribution in [2.45, 2.75) is 6.61 Å². The first-order valence-electron chi connectivity index (χ1n) is 8.14. The molecular formula is C19H15Cl2N5O. The van der Waals surface area contributed by atoms with E-state index in [9.17, 15) is 0 Å². The van der Waals surface area contributed by atoms with Gasteiger partial charge in [-0.15, -0.1) is 0 Å². The minimum Gasteiger partial charge on any atom is -0.486 e. The highest BCUT2D eigenvalue weighted by Crippen LogP contribution is 2.39. The second-order valence-corrected chi connectivity index (χ2v) is 6.80. The van der Waals surface area contributed by atoms with Gasteiger partial charge < -0.3 is 10.5 Å². The first kappa shape index (κ1) is 17.6. The lowest BCUT2D eigenvalue weighted by atomic mass is 10.1. The van der Waals surface area contributed by atoms with Crippen molar-refractivity contribution < 1.29 is 4.74 Å². The van der Waals surface area contributed by atoms with Crippen LogP contribution >= 0.6 is 23.2 Å². The van der Waals surface area contributed by atoms with E-state index in [0.29, 0.717) is 33.7 Å². The van der Waals surface area contributed by atoms with Crippen molar-refractivity contribution in [1.82, 2.24) is 19.7 Å². The van der Waals surface area contributed by atoms with Gasteiger partial charge in [0.25, 0.3) is 0 Å². The van der Waals surface area contributed by atoms with Crippen LogP contribution in [0.3, 0.4) is 0 Å². The zero-order valence-electron chi connectivity index (χ0n) is 14.4. The minimum absolute atomic E-state index is 0.192. The van der Waals surface area contributed by atoms with E-state index in [2.05, 4.69) is 15.1 Å². The number of aromatic nitrogens is 4. The highest BCUT2D eigenvalue weighted by molar-refractivity contribution is 6.37. The molecule has 0 unspecified atom stereocenters. The number of hydrogen-bond donors (Lipinski definition) is 1. The number of anilines is 1. The third-order valence-corrected chi connectivity index (χ3v) is 4.66. The van der Waals surface area contributed by atoms with Gasteiger partial charge in [0.2, 0.25) is 5.95 Å². The number of halogens is 2. The lowest BCUT2D eigenvalue weighted by Gasteiger charge is -2.11. The third kappa shape index (κ3) is 3.41. The molecule has 0 aliphatic rings. The maximum Gasteiger partial charge on any atom is 0.222 e. The van der Waals surface area contributed by atoms with Gasteiger partial charge in [-0.1, -0.05) is 53.5 Å². The summed E-state index contributed by atoms with van der Waals surface area (Å²) in [6.45, 7) is 0.374. The van der Waals surface area contributed by atoms with E-state index in [1.54, 1.807) is 30.1 Å². The molecule has 2 heterocycles. The Morgan fingerprint density at radius 2 is 1.81 bits per heavy atom. The van der Waals surface area contributed by atoms with Crippen LogP contribution in [0.25, 0.3) is 22.3 Å². The van der Waals surface area contributed by atoms with Gasteiger partial charge in [0.1, 0.15) is 12.3 Å². The number of nitrogens with two attached hydrogens (primary N) is 1. The SMILES string of the molecule is Cn1nc(-c2cc(Cl)c(OCc3ccccc3)c(Cl)c2)c2cnc(N)nc21. The van der Waals surface area contributed by atoms with E-state index in [0.717, 1.165) is 16.5 Å². The summed E-state index contributed by atoms with van der Waals surface area (Å²) < 4.78 is 7.47. The van der Waals surface area contributed by atoms with E-state index in [-0.39, 0.29) is 5.95 Å². The summed E-state index contributed by atoms with van der Waals surface area (Å²) in [6.07, 6.45) is 1.64.